The third-order valence-corrected chi connectivity index (χ3v) is 10.7. The number of anilines is 2. The fourth-order valence-corrected chi connectivity index (χ4v) is 7.87. The molecule has 1 aromatic heterocycles. The molecule has 15 heteroatoms. The standard InChI is InChI=1S/C39H40N4O9S2/c1-22(35(45)42-38-33(39(48)52-6)28-15-16-43(23(2)44)21-32(28)54-38)53-27-14-10-13-26(20-27)40-37(47)29(41-36(46)25-11-8-7-9-12-25)17-24-18-30(49-3)34(51-5)31(19-24)50-4/h7-14,17-20,22H,15-16,21H2,1-6H3,(H,40,47)(H,41,46)(H,42,45)/b29-17+. The molecule has 3 aromatic carbocycles. The molecule has 0 bridgehead atoms. The van der Waals surface area contributed by atoms with E-state index in [1.54, 1.807) is 78.6 Å². The lowest BCUT2D eigenvalue weighted by molar-refractivity contribution is -0.129. The van der Waals surface area contributed by atoms with Crippen molar-refractivity contribution in [3.05, 3.63) is 99.6 Å². The van der Waals surface area contributed by atoms with Crippen molar-refractivity contribution in [3.8, 4) is 17.2 Å². The Bertz CT molecular complexity index is 2070. The molecule has 0 saturated carbocycles. The zero-order valence-electron chi connectivity index (χ0n) is 30.6. The predicted molar refractivity (Wildman–Crippen MR) is 207 cm³/mol. The number of hydrogen-bond donors (Lipinski definition) is 3. The van der Waals surface area contributed by atoms with E-state index in [2.05, 4.69) is 16.0 Å². The van der Waals surface area contributed by atoms with E-state index >= 15 is 0 Å². The van der Waals surface area contributed by atoms with Gasteiger partial charge in [-0.25, -0.2) is 4.79 Å². The van der Waals surface area contributed by atoms with Crippen molar-refractivity contribution in [2.24, 2.45) is 0 Å². The summed E-state index contributed by atoms with van der Waals surface area (Å²) in [5, 5.41) is 8.22. The van der Waals surface area contributed by atoms with Gasteiger partial charge in [-0.05, 0) is 73.0 Å². The van der Waals surface area contributed by atoms with Crippen molar-refractivity contribution in [3.63, 3.8) is 0 Å². The zero-order valence-corrected chi connectivity index (χ0v) is 32.2. The van der Waals surface area contributed by atoms with E-state index in [0.717, 1.165) is 10.4 Å². The summed E-state index contributed by atoms with van der Waals surface area (Å²) in [5.41, 5.74) is 2.29. The molecule has 0 saturated heterocycles. The fraction of sp³-hybridized carbons (Fsp3) is 0.256. The summed E-state index contributed by atoms with van der Waals surface area (Å²) < 4.78 is 21.4. The van der Waals surface area contributed by atoms with Gasteiger partial charge in [0.1, 0.15) is 10.7 Å². The maximum absolute atomic E-state index is 13.8. The first-order chi connectivity index (χ1) is 26.0. The number of carbonyl (C=O) groups is 5. The first kappa shape index (κ1) is 39.4. The lowest BCUT2D eigenvalue weighted by Crippen LogP contribution is -2.33. The Morgan fingerprint density at radius 2 is 1.59 bits per heavy atom. The van der Waals surface area contributed by atoms with E-state index in [4.69, 9.17) is 18.9 Å². The number of nitrogens with one attached hydrogen (secondary N) is 3. The number of esters is 1. The van der Waals surface area contributed by atoms with Crippen LogP contribution in [0.1, 0.15) is 50.6 Å². The van der Waals surface area contributed by atoms with Gasteiger partial charge in [0.2, 0.25) is 17.6 Å². The number of hydrogen-bond acceptors (Lipinski definition) is 11. The molecule has 5 rings (SSSR count). The minimum Gasteiger partial charge on any atom is -0.493 e. The molecule has 0 radical (unpaired) electrons. The van der Waals surface area contributed by atoms with E-state index in [-0.39, 0.29) is 17.5 Å². The molecule has 54 heavy (non-hydrogen) atoms. The molecule has 13 nitrogen and oxygen atoms in total. The topological polar surface area (TPSA) is 162 Å². The summed E-state index contributed by atoms with van der Waals surface area (Å²) in [6.07, 6.45) is 1.97. The van der Waals surface area contributed by atoms with Gasteiger partial charge in [0.05, 0.1) is 45.8 Å². The third kappa shape index (κ3) is 9.22. The second-order valence-corrected chi connectivity index (χ2v) is 14.5. The average molecular weight is 773 g/mol. The third-order valence-electron chi connectivity index (χ3n) is 8.43. The Kier molecular flexibility index (Phi) is 13.0. The molecular formula is C39H40N4O9S2. The predicted octanol–water partition coefficient (Wildman–Crippen LogP) is 5.99. The van der Waals surface area contributed by atoms with Crippen LogP contribution in [0.2, 0.25) is 0 Å². The molecule has 1 aliphatic rings. The number of benzene rings is 3. The van der Waals surface area contributed by atoms with Crippen LogP contribution in [0.4, 0.5) is 10.7 Å². The number of thiophene rings is 1. The minimum atomic E-state index is -0.616. The van der Waals surface area contributed by atoms with Gasteiger partial charge in [-0.1, -0.05) is 24.3 Å². The zero-order chi connectivity index (χ0) is 38.9. The molecule has 0 aliphatic carbocycles. The van der Waals surface area contributed by atoms with Crippen LogP contribution in [0.5, 0.6) is 17.2 Å². The van der Waals surface area contributed by atoms with Crippen LogP contribution in [0.15, 0.2) is 77.3 Å². The van der Waals surface area contributed by atoms with Crippen LogP contribution in [0, 0.1) is 0 Å². The molecule has 3 N–H and O–H groups in total. The first-order valence-electron chi connectivity index (χ1n) is 16.7. The highest BCUT2D eigenvalue weighted by Gasteiger charge is 2.31. The van der Waals surface area contributed by atoms with Gasteiger partial charge in [0.15, 0.2) is 11.5 Å². The smallest absolute Gasteiger partial charge is 0.341 e. The number of carbonyl (C=O) groups excluding carboxylic acids is 5. The van der Waals surface area contributed by atoms with Gasteiger partial charge in [-0.15, -0.1) is 23.1 Å². The molecule has 0 spiro atoms. The normalized spacial score (nSPS) is 12.9. The Morgan fingerprint density at radius 1 is 0.889 bits per heavy atom. The quantitative estimate of drug-likeness (QED) is 0.0836. The van der Waals surface area contributed by atoms with Crippen LogP contribution in [-0.4, -0.2) is 74.7 Å². The molecule has 4 amide bonds. The van der Waals surface area contributed by atoms with Crippen molar-refractivity contribution in [2.45, 2.75) is 37.0 Å². The maximum atomic E-state index is 13.8. The van der Waals surface area contributed by atoms with Crippen molar-refractivity contribution >= 4 is 69.5 Å². The Balaban J connectivity index is 1.35. The minimum absolute atomic E-state index is 0.0598. The molecular weight excluding hydrogens is 733 g/mol. The molecule has 1 aliphatic heterocycles. The number of methoxy groups -OCH3 is 4. The molecule has 0 fully saturated rings. The SMILES string of the molecule is COC(=O)c1c(NC(=O)C(C)Sc2cccc(NC(=O)/C(=C\c3cc(OC)c(OC)c(OC)c3)NC(=O)c3ccccc3)c2)sc2c1CCN(C(C)=O)C2. The van der Waals surface area contributed by atoms with Crippen LogP contribution in [-0.2, 0) is 32.1 Å². The lowest BCUT2D eigenvalue weighted by atomic mass is 10.0. The van der Waals surface area contributed by atoms with Crippen LogP contribution < -0.4 is 30.2 Å². The van der Waals surface area contributed by atoms with E-state index < -0.39 is 23.0 Å². The van der Waals surface area contributed by atoms with Crippen LogP contribution in [0.3, 0.4) is 0 Å². The summed E-state index contributed by atoms with van der Waals surface area (Å²) in [7, 11) is 5.72. The first-order valence-corrected chi connectivity index (χ1v) is 18.4. The van der Waals surface area contributed by atoms with E-state index in [0.29, 0.717) is 69.0 Å². The highest BCUT2D eigenvalue weighted by molar-refractivity contribution is 8.00. The monoisotopic (exact) mass is 772 g/mol. The van der Waals surface area contributed by atoms with Crippen molar-refractivity contribution in [1.29, 1.82) is 0 Å². The number of fused-ring (bicyclic) bond motifs is 1. The fourth-order valence-electron chi connectivity index (χ4n) is 5.69. The highest BCUT2D eigenvalue weighted by atomic mass is 32.2. The summed E-state index contributed by atoms with van der Waals surface area (Å²) in [5.74, 6) is -0.978. The van der Waals surface area contributed by atoms with Crippen molar-refractivity contribution in [1.82, 2.24) is 10.2 Å². The van der Waals surface area contributed by atoms with Crippen molar-refractivity contribution < 1.29 is 42.9 Å². The number of thioether (sulfide) groups is 1. The lowest BCUT2D eigenvalue weighted by Gasteiger charge is -2.25. The summed E-state index contributed by atoms with van der Waals surface area (Å²) in [4.78, 5) is 68.4. The molecule has 1 unspecified atom stereocenters. The van der Waals surface area contributed by atoms with Gasteiger partial charge in [-0.2, -0.15) is 0 Å². The summed E-state index contributed by atoms with van der Waals surface area (Å²) >= 11 is 2.51. The molecule has 282 valence electrons. The Morgan fingerprint density at radius 3 is 2.22 bits per heavy atom. The van der Waals surface area contributed by atoms with Crippen LogP contribution >= 0.6 is 23.1 Å². The maximum Gasteiger partial charge on any atom is 0.341 e. The summed E-state index contributed by atoms with van der Waals surface area (Å²) in [6.45, 7) is 4.05. The molecule has 4 aromatic rings. The largest absolute Gasteiger partial charge is 0.493 e. The summed E-state index contributed by atoms with van der Waals surface area (Å²) in [6, 6.07) is 18.7. The van der Waals surface area contributed by atoms with Gasteiger partial charge in [0.25, 0.3) is 11.8 Å². The Hall–Kier alpha value is -5.80. The average Bonchev–Trinajstić information content (AvgIpc) is 3.54. The van der Waals surface area contributed by atoms with Gasteiger partial charge in [0, 0.05) is 34.5 Å². The van der Waals surface area contributed by atoms with Crippen molar-refractivity contribution in [2.75, 3.05) is 45.6 Å². The molecule has 2 heterocycles. The number of ether oxygens (including phenoxy) is 4. The Labute approximate surface area is 321 Å². The van der Waals surface area contributed by atoms with E-state index in [1.807, 2.05) is 0 Å². The van der Waals surface area contributed by atoms with E-state index in [9.17, 15) is 24.0 Å². The molecule has 1 atom stereocenters. The van der Waals surface area contributed by atoms with Gasteiger partial charge in [-0.3, -0.25) is 19.2 Å². The van der Waals surface area contributed by atoms with Gasteiger partial charge >= 0.3 is 5.97 Å². The second-order valence-electron chi connectivity index (χ2n) is 12.0. The number of nitrogens with zero attached hydrogens (tertiary/aromatic N) is 1. The highest BCUT2D eigenvalue weighted by Crippen LogP contribution is 2.40. The van der Waals surface area contributed by atoms with E-state index in [1.165, 1.54) is 64.5 Å². The number of amides is 4. The van der Waals surface area contributed by atoms with Gasteiger partial charge < -0.3 is 39.8 Å². The second kappa shape index (κ2) is 17.8. The number of rotatable bonds is 13. The van der Waals surface area contributed by atoms with Crippen LogP contribution in [0.25, 0.3) is 6.08 Å².